The lowest BCUT2D eigenvalue weighted by Crippen LogP contribution is -2.27. The van der Waals surface area contributed by atoms with E-state index in [1.54, 1.807) is 6.07 Å². The molecule has 3 rings (SSSR count). The first-order valence-electron chi connectivity index (χ1n) is 5.60. The van der Waals surface area contributed by atoms with Crippen LogP contribution in [0.15, 0.2) is 12.1 Å². The first-order chi connectivity index (χ1) is 8.54. The smallest absolute Gasteiger partial charge is 0.366 e. The molecule has 0 saturated heterocycles. The predicted molar refractivity (Wildman–Crippen MR) is 57.0 cm³/mol. The molecule has 18 heavy (non-hydrogen) atoms. The molecule has 0 aliphatic heterocycles. The summed E-state index contributed by atoms with van der Waals surface area (Å²) in [5.41, 5.74) is 0.0847. The van der Waals surface area contributed by atoms with Gasteiger partial charge < -0.3 is 5.32 Å². The highest BCUT2D eigenvalue weighted by Crippen LogP contribution is 2.28. The number of alkyl halides is 3. The number of aromatic nitrogens is 4. The van der Waals surface area contributed by atoms with Gasteiger partial charge in [-0.2, -0.15) is 17.7 Å². The van der Waals surface area contributed by atoms with Crippen molar-refractivity contribution in [2.75, 3.05) is 5.32 Å². The van der Waals surface area contributed by atoms with Crippen LogP contribution >= 0.6 is 0 Å². The maximum atomic E-state index is 12.6. The van der Waals surface area contributed by atoms with Crippen molar-refractivity contribution in [1.82, 2.24) is 19.8 Å². The Hall–Kier alpha value is -1.86. The topological polar surface area (TPSA) is 55.1 Å². The molecule has 0 radical (unpaired) electrons. The monoisotopic (exact) mass is 257 g/mol. The number of anilines is 1. The van der Waals surface area contributed by atoms with Gasteiger partial charge in [0.15, 0.2) is 5.65 Å². The van der Waals surface area contributed by atoms with E-state index in [9.17, 15) is 13.2 Å². The highest BCUT2D eigenvalue weighted by atomic mass is 19.4. The molecule has 0 amide bonds. The fourth-order valence-corrected chi connectivity index (χ4v) is 1.80. The number of rotatable bonds is 2. The Kier molecular flexibility index (Phi) is 2.39. The molecule has 1 aliphatic carbocycles. The first kappa shape index (κ1) is 11.2. The van der Waals surface area contributed by atoms with Crippen LogP contribution in [0.4, 0.5) is 19.0 Å². The molecule has 1 saturated carbocycles. The van der Waals surface area contributed by atoms with E-state index in [-0.39, 0.29) is 5.65 Å². The quantitative estimate of drug-likeness (QED) is 0.895. The van der Waals surface area contributed by atoms with Crippen molar-refractivity contribution in [2.45, 2.75) is 31.5 Å². The van der Waals surface area contributed by atoms with Gasteiger partial charge in [0.1, 0.15) is 5.82 Å². The summed E-state index contributed by atoms with van der Waals surface area (Å²) in [6.45, 7) is 0. The van der Waals surface area contributed by atoms with E-state index in [0.717, 1.165) is 23.8 Å². The van der Waals surface area contributed by atoms with Crippen molar-refractivity contribution in [3.63, 3.8) is 0 Å². The highest BCUT2D eigenvalue weighted by Gasteiger charge is 2.37. The van der Waals surface area contributed by atoms with E-state index >= 15 is 0 Å². The Bertz CT molecular complexity index is 572. The van der Waals surface area contributed by atoms with Crippen LogP contribution in [0, 0.1) is 0 Å². The predicted octanol–water partition coefficient (Wildman–Crippen LogP) is 2.11. The third-order valence-electron chi connectivity index (χ3n) is 2.97. The van der Waals surface area contributed by atoms with E-state index in [4.69, 9.17) is 0 Å². The molecule has 8 heteroatoms. The van der Waals surface area contributed by atoms with Gasteiger partial charge in [-0.25, -0.2) is 0 Å². The van der Waals surface area contributed by atoms with Crippen LogP contribution in [0.2, 0.25) is 0 Å². The van der Waals surface area contributed by atoms with Gasteiger partial charge >= 0.3 is 6.18 Å². The van der Waals surface area contributed by atoms with Crippen molar-refractivity contribution in [3.8, 4) is 0 Å². The van der Waals surface area contributed by atoms with Crippen LogP contribution in [0.5, 0.6) is 0 Å². The zero-order chi connectivity index (χ0) is 12.8. The number of halogens is 3. The van der Waals surface area contributed by atoms with Gasteiger partial charge in [0.25, 0.3) is 5.82 Å². The van der Waals surface area contributed by atoms with Crippen LogP contribution in [0.25, 0.3) is 5.65 Å². The lowest BCUT2D eigenvalue weighted by Gasteiger charge is -2.26. The molecule has 0 spiro atoms. The van der Waals surface area contributed by atoms with Crippen LogP contribution < -0.4 is 5.32 Å². The van der Waals surface area contributed by atoms with Gasteiger partial charge in [-0.15, -0.1) is 15.3 Å². The fourth-order valence-electron chi connectivity index (χ4n) is 1.80. The Balaban J connectivity index is 1.98. The molecule has 2 heterocycles. The molecule has 0 bridgehead atoms. The molecule has 96 valence electrons. The summed E-state index contributed by atoms with van der Waals surface area (Å²) in [4.78, 5) is 0. The molecule has 1 fully saturated rings. The van der Waals surface area contributed by atoms with Crippen molar-refractivity contribution in [2.24, 2.45) is 0 Å². The van der Waals surface area contributed by atoms with Crippen LogP contribution in [-0.2, 0) is 6.18 Å². The number of fused-ring (bicyclic) bond motifs is 1. The molecule has 1 N–H and O–H groups in total. The zero-order valence-corrected chi connectivity index (χ0v) is 9.28. The summed E-state index contributed by atoms with van der Waals surface area (Å²) < 4.78 is 38.6. The third kappa shape index (κ3) is 1.87. The number of hydrogen-bond acceptors (Lipinski definition) is 4. The molecule has 2 aromatic heterocycles. The lowest BCUT2D eigenvalue weighted by molar-refractivity contribution is -0.146. The Morgan fingerprint density at radius 1 is 1.22 bits per heavy atom. The minimum atomic E-state index is -4.55. The second-order valence-electron chi connectivity index (χ2n) is 4.28. The van der Waals surface area contributed by atoms with E-state index in [1.807, 2.05) is 0 Å². The molecular weight excluding hydrogens is 247 g/mol. The zero-order valence-electron chi connectivity index (χ0n) is 9.28. The van der Waals surface area contributed by atoms with Gasteiger partial charge in [0.05, 0.1) is 0 Å². The SMILES string of the molecule is FC(F)(F)c1nnc2ccc(NC3CCC3)nn12. The maximum Gasteiger partial charge on any atom is 0.453 e. The summed E-state index contributed by atoms with van der Waals surface area (Å²) in [6, 6.07) is 3.39. The molecule has 1 aliphatic rings. The van der Waals surface area contributed by atoms with Crippen molar-refractivity contribution >= 4 is 11.5 Å². The highest BCUT2D eigenvalue weighted by molar-refractivity contribution is 5.44. The minimum absolute atomic E-state index is 0.0847. The minimum Gasteiger partial charge on any atom is -0.366 e. The van der Waals surface area contributed by atoms with Crippen LogP contribution in [-0.4, -0.2) is 25.9 Å². The largest absolute Gasteiger partial charge is 0.453 e. The van der Waals surface area contributed by atoms with Crippen molar-refractivity contribution < 1.29 is 13.2 Å². The number of hydrogen-bond donors (Lipinski definition) is 1. The Morgan fingerprint density at radius 3 is 2.61 bits per heavy atom. The van der Waals surface area contributed by atoms with Gasteiger partial charge in [0.2, 0.25) is 0 Å². The summed E-state index contributed by atoms with van der Waals surface area (Å²) in [5, 5.41) is 13.5. The second kappa shape index (κ2) is 3.82. The van der Waals surface area contributed by atoms with Crippen LogP contribution in [0.3, 0.4) is 0 Å². The van der Waals surface area contributed by atoms with E-state index in [2.05, 4.69) is 20.6 Å². The molecular formula is C10H10F3N5. The summed E-state index contributed by atoms with van der Waals surface area (Å²) >= 11 is 0. The molecule has 0 aromatic carbocycles. The van der Waals surface area contributed by atoms with E-state index < -0.39 is 12.0 Å². The van der Waals surface area contributed by atoms with Crippen molar-refractivity contribution in [3.05, 3.63) is 18.0 Å². The molecule has 0 unspecified atom stereocenters. The van der Waals surface area contributed by atoms with E-state index in [1.165, 1.54) is 6.07 Å². The van der Waals surface area contributed by atoms with E-state index in [0.29, 0.717) is 11.9 Å². The summed E-state index contributed by atoms with van der Waals surface area (Å²) in [7, 11) is 0. The number of nitrogens with one attached hydrogen (secondary N) is 1. The second-order valence-corrected chi connectivity index (χ2v) is 4.28. The van der Waals surface area contributed by atoms with Gasteiger partial charge in [-0.3, -0.25) is 0 Å². The summed E-state index contributed by atoms with van der Waals surface area (Å²) in [5.74, 6) is -0.688. The Morgan fingerprint density at radius 2 is 2.00 bits per heavy atom. The molecule has 5 nitrogen and oxygen atoms in total. The summed E-state index contributed by atoms with van der Waals surface area (Å²) in [6.07, 6.45) is -1.37. The normalized spacial score (nSPS) is 16.8. The third-order valence-corrected chi connectivity index (χ3v) is 2.97. The van der Waals surface area contributed by atoms with Crippen molar-refractivity contribution in [1.29, 1.82) is 0 Å². The first-order valence-corrected chi connectivity index (χ1v) is 5.60. The fraction of sp³-hybridized carbons (Fsp3) is 0.500. The van der Waals surface area contributed by atoms with Gasteiger partial charge in [-0.05, 0) is 31.4 Å². The number of nitrogens with zero attached hydrogens (tertiary/aromatic N) is 4. The maximum absolute atomic E-state index is 12.6. The van der Waals surface area contributed by atoms with Gasteiger partial charge in [-0.1, -0.05) is 0 Å². The molecule has 0 atom stereocenters. The van der Waals surface area contributed by atoms with Crippen LogP contribution in [0.1, 0.15) is 25.1 Å². The average molecular weight is 257 g/mol. The molecule has 2 aromatic rings. The lowest BCUT2D eigenvalue weighted by atomic mass is 9.93. The average Bonchev–Trinajstić information content (AvgIpc) is 2.65. The Labute approximate surface area is 100 Å². The standard InChI is InChI=1S/C10H10F3N5/c11-10(12,13)9-16-15-8-5-4-7(17-18(8)9)14-6-2-1-3-6/h4-6H,1-3H2,(H,14,17). The van der Waals surface area contributed by atoms with Gasteiger partial charge in [0, 0.05) is 6.04 Å².